The molecule has 2 rings (SSSR count). The van der Waals surface area contributed by atoms with E-state index in [-0.39, 0.29) is 12.5 Å². The van der Waals surface area contributed by atoms with E-state index in [0.29, 0.717) is 5.56 Å². The fraction of sp³-hybridized carbons (Fsp3) is 0.438. The quantitative estimate of drug-likeness (QED) is 0.810. The largest absolute Gasteiger partial charge is 0.384 e. The second kappa shape index (κ2) is 7.09. The number of aliphatic hydroxyl groups excluding tert-OH is 1. The molecule has 0 aromatic heterocycles. The van der Waals surface area contributed by atoms with Crippen molar-refractivity contribution in [3.63, 3.8) is 0 Å². The van der Waals surface area contributed by atoms with Gasteiger partial charge in [0.25, 0.3) is 5.91 Å². The van der Waals surface area contributed by atoms with Crippen LogP contribution in [-0.4, -0.2) is 60.1 Å². The van der Waals surface area contributed by atoms with Crippen molar-refractivity contribution in [2.45, 2.75) is 6.92 Å². The average molecular weight is 272 g/mol. The van der Waals surface area contributed by atoms with E-state index in [1.165, 1.54) is 0 Å². The van der Waals surface area contributed by atoms with Crippen molar-refractivity contribution in [1.29, 1.82) is 0 Å². The second-order valence-corrected chi connectivity index (χ2v) is 4.76. The SMILES string of the molecule is CCN1CCN(C(=O)c2ccc(C#CCO)cc2)CC1. The van der Waals surface area contributed by atoms with Crippen molar-refractivity contribution in [2.75, 3.05) is 39.3 Å². The van der Waals surface area contributed by atoms with E-state index in [2.05, 4.69) is 23.7 Å². The Hall–Kier alpha value is -1.83. The van der Waals surface area contributed by atoms with E-state index < -0.39 is 0 Å². The fourth-order valence-corrected chi connectivity index (χ4v) is 2.29. The van der Waals surface area contributed by atoms with Crippen LogP contribution in [0.2, 0.25) is 0 Å². The van der Waals surface area contributed by atoms with Gasteiger partial charge < -0.3 is 14.9 Å². The molecule has 1 aromatic carbocycles. The number of nitrogens with zero attached hydrogens (tertiary/aromatic N) is 2. The third-order valence-corrected chi connectivity index (χ3v) is 3.55. The Morgan fingerprint density at radius 2 is 1.85 bits per heavy atom. The lowest BCUT2D eigenvalue weighted by Crippen LogP contribution is -2.48. The zero-order valence-electron chi connectivity index (χ0n) is 11.8. The predicted octanol–water partition coefficient (Wildman–Crippen LogP) is 0.808. The van der Waals surface area contributed by atoms with Crippen LogP contribution in [0.1, 0.15) is 22.8 Å². The lowest BCUT2D eigenvalue weighted by atomic mass is 10.1. The van der Waals surface area contributed by atoms with Gasteiger partial charge in [0.05, 0.1) is 0 Å². The molecule has 0 aliphatic carbocycles. The third kappa shape index (κ3) is 3.60. The molecule has 1 saturated heterocycles. The maximum atomic E-state index is 12.4. The van der Waals surface area contributed by atoms with Crippen LogP contribution in [0, 0.1) is 11.8 Å². The number of piperazine rings is 1. The second-order valence-electron chi connectivity index (χ2n) is 4.76. The van der Waals surface area contributed by atoms with Gasteiger partial charge in [0.2, 0.25) is 0 Å². The highest BCUT2D eigenvalue weighted by molar-refractivity contribution is 5.94. The Bertz CT molecular complexity index is 506. The predicted molar refractivity (Wildman–Crippen MR) is 78.4 cm³/mol. The number of carbonyl (C=O) groups excluding carboxylic acids is 1. The summed E-state index contributed by atoms with van der Waals surface area (Å²) in [6.45, 7) is 6.51. The Morgan fingerprint density at radius 3 is 2.40 bits per heavy atom. The molecule has 0 atom stereocenters. The van der Waals surface area contributed by atoms with Gasteiger partial charge in [0.15, 0.2) is 0 Å². The molecule has 1 aliphatic rings. The van der Waals surface area contributed by atoms with Crippen LogP contribution >= 0.6 is 0 Å². The Kier molecular flexibility index (Phi) is 5.16. The molecule has 0 bridgehead atoms. The Morgan fingerprint density at radius 1 is 1.20 bits per heavy atom. The van der Waals surface area contributed by atoms with E-state index >= 15 is 0 Å². The van der Waals surface area contributed by atoms with E-state index in [9.17, 15) is 4.79 Å². The fourth-order valence-electron chi connectivity index (χ4n) is 2.29. The summed E-state index contributed by atoms with van der Waals surface area (Å²) in [6.07, 6.45) is 0. The number of hydrogen-bond donors (Lipinski definition) is 1. The average Bonchev–Trinajstić information content (AvgIpc) is 2.53. The molecule has 4 nitrogen and oxygen atoms in total. The minimum Gasteiger partial charge on any atom is -0.384 e. The number of carbonyl (C=O) groups is 1. The van der Waals surface area contributed by atoms with E-state index in [0.717, 1.165) is 38.3 Å². The van der Waals surface area contributed by atoms with E-state index in [1.807, 2.05) is 17.0 Å². The minimum absolute atomic E-state index is 0.0856. The topological polar surface area (TPSA) is 43.8 Å². The molecule has 1 N–H and O–H groups in total. The molecule has 1 fully saturated rings. The molecule has 1 amide bonds. The maximum absolute atomic E-state index is 12.4. The number of rotatable bonds is 2. The van der Waals surface area contributed by atoms with Crippen LogP contribution in [-0.2, 0) is 0 Å². The van der Waals surface area contributed by atoms with Gasteiger partial charge in [-0.2, -0.15) is 0 Å². The van der Waals surface area contributed by atoms with Crippen molar-refractivity contribution >= 4 is 5.91 Å². The van der Waals surface area contributed by atoms with Crippen molar-refractivity contribution in [3.05, 3.63) is 35.4 Å². The van der Waals surface area contributed by atoms with Crippen molar-refractivity contribution in [1.82, 2.24) is 9.80 Å². The summed E-state index contributed by atoms with van der Waals surface area (Å²) in [5.41, 5.74) is 1.51. The monoisotopic (exact) mass is 272 g/mol. The van der Waals surface area contributed by atoms with Crippen molar-refractivity contribution in [2.24, 2.45) is 0 Å². The van der Waals surface area contributed by atoms with Gasteiger partial charge in [0.1, 0.15) is 6.61 Å². The number of amides is 1. The molecule has 106 valence electrons. The summed E-state index contributed by atoms with van der Waals surface area (Å²) in [4.78, 5) is 16.6. The number of likely N-dealkylation sites (N-methyl/N-ethyl adjacent to an activating group) is 1. The molecule has 1 heterocycles. The highest BCUT2D eigenvalue weighted by Crippen LogP contribution is 2.10. The van der Waals surface area contributed by atoms with Crippen molar-refractivity contribution in [3.8, 4) is 11.8 Å². The summed E-state index contributed by atoms with van der Waals surface area (Å²) >= 11 is 0. The first kappa shape index (κ1) is 14.6. The first-order valence-electron chi connectivity index (χ1n) is 6.96. The zero-order valence-corrected chi connectivity index (χ0v) is 11.8. The van der Waals surface area contributed by atoms with Crippen LogP contribution < -0.4 is 0 Å². The molecule has 0 spiro atoms. The van der Waals surface area contributed by atoms with Gasteiger partial charge in [-0.05, 0) is 30.8 Å². The molecule has 0 radical (unpaired) electrons. The van der Waals surface area contributed by atoms with Gasteiger partial charge in [-0.15, -0.1) is 0 Å². The highest BCUT2D eigenvalue weighted by atomic mass is 16.2. The summed E-state index contributed by atoms with van der Waals surface area (Å²) in [7, 11) is 0. The first-order chi connectivity index (χ1) is 9.74. The third-order valence-electron chi connectivity index (χ3n) is 3.55. The van der Waals surface area contributed by atoms with Crippen LogP contribution in [0.3, 0.4) is 0 Å². The van der Waals surface area contributed by atoms with Gasteiger partial charge in [-0.1, -0.05) is 18.8 Å². The van der Waals surface area contributed by atoms with E-state index in [1.54, 1.807) is 12.1 Å². The maximum Gasteiger partial charge on any atom is 0.253 e. The van der Waals surface area contributed by atoms with Crippen LogP contribution in [0.25, 0.3) is 0 Å². The molecular formula is C16H20N2O2. The Labute approximate surface area is 120 Å². The molecule has 4 heteroatoms. The van der Waals surface area contributed by atoms with Gasteiger partial charge in [-0.25, -0.2) is 0 Å². The van der Waals surface area contributed by atoms with Gasteiger partial charge >= 0.3 is 0 Å². The van der Waals surface area contributed by atoms with Crippen molar-refractivity contribution < 1.29 is 9.90 Å². The molecule has 0 saturated carbocycles. The number of aliphatic hydroxyl groups is 1. The molecule has 0 unspecified atom stereocenters. The lowest BCUT2D eigenvalue weighted by Gasteiger charge is -2.34. The normalized spacial score (nSPS) is 15.6. The van der Waals surface area contributed by atoms with Gasteiger partial charge in [0, 0.05) is 37.3 Å². The smallest absolute Gasteiger partial charge is 0.253 e. The molecule has 1 aliphatic heterocycles. The van der Waals surface area contributed by atoms with E-state index in [4.69, 9.17) is 5.11 Å². The Balaban J connectivity index is 1.99. The van der Waals surface area contributed by atoms with Crippen LogP contribution in [0.5, 0.6) is 0 Å². The van der Waals surface area contributed by atoms with Crippen LogP contribution in [0.4, 0.5) is 0 Å². The highest BCUT2D eigenvalue weighted by Gasteiger charge is 2.20. The standard InChI is InChI=1S/C16H20N2O2/c1-2-17-9-11-18(12-10-17)16(20)15-7-5-14(6-8-15)4-3-13-19/h5-8,19H,2,9-13H2,1H3. The number of hydrogen-bond acceptors (Lipinski definition) is 3. The molecular weight excluding hydrogens is 252 g/mol. The van der Waals surface area contributed by atoms with Crippen LogP contribution in [0.15, 0.2) is 24.3 Å². The minimum atomic E-state index is -0.150. The summed E-state index contributed by atoms with van der Waals surface area (Å²) in [6, 6.07) is 7.24. The zero-order chi connectivity index (χ0) is 14.4. The number of benzene rings is 1. The molecule has 20 heavy (non-hydrogen) atoms. The lowest BCUT2D eigenvalue weighted by molar-refractivity contribution is 0.0643. The molecule has 1 aromatic rings. The van der Waals surface area contributed by atoms with Gasteiger partial charge in [-0.3, -0.25) is 4.79 Å². The summed E-state index contributed by atoms with van der Waals surface area (Å²) in [5, 5.41) is 8.64. The first-order valence-corrected chi connectivity index (χ1v) is 6.96. The summed E-state index contributed by atoms with van der Waals surface area (Å²) in [5.74, 6) is 5.50. The summed E-state index contributed by atoms with van der Waals surface area (Å²) < 4.78 is 0.